The lowest BCUT2D eigenvalue weighted by atomic mass is 9.94. The van der Waals surface area contributed by atoms with Crippen molar-refractivity contribution in [1.29, 1.82) is 0 Å². The van der Waals surface area contributed by atoms with E-state index in [2.05, 4.69) is 10.1 Å². The summed E-state index contributed by atoms with van der Waals surface area (Å²) in [5.74, 6) is -1.03. The molecule has 0 saturated carbocycles. The van der Waals surface area contributed by atoms with E-state index < -0.39 is 24.3 Å². The molecule has 4 nitrogen and oxygen atoms in total. The van der Waals surface area contributed by atoms with Crippen LogP contribution in [0.5, 0.6) is 0 Å². The Labute approximate surface area is 90.8 Å². The van der Waals surface area contributed by atoms with Gasteiger partial charge in [0, 0.05) is 6.61 Å². The number of rotatable bonds is 5. The average molecular weight is 241 g/mol. The van der Waals surface area contributed by atoms with Gasteiger partial charge in [-0.15, -0.1) is 0 Å². The summed E-state index contributed by atoms with van der Waals surface area (Å²) in [6.45, 7) is -0.965. The third-order valence-corrected chi connectivity index (χ3v) is 2.59. The van der Waals surface area contributed by atoms with E-state index in [1.807, 2.05) is 0 Å². The molecule has 1 atom stereocenters. The molecule has 1 fully saturated rings. The number of alkyl halides is 3. The first-order valence-corrected chi connectivity index (χ1v) is 4.99. The minimum absolute atomic E-state index is 0.0540. The van der Waals surface area contributed by atoms with Crippen LogP contribution in [0, 0.1) is 0 Å². The van der Waals surface area contributed by atoms with Gasteiger partial charge in [-0.05, 0) is 25.8 Å². The standard InChI is InChI=1S/C9H14F3NO3/c10-9(11,12)6-16-5-3-8(7(14)15)2-1-4-13-8/h13H,1-6H2,(H,14,15). The Morgan fingerprint density at radius 2 is 2.19 bits per heavy atom. The largest absolute Gasteiger partial charge is 0.480 e. The molecule has 0 spiro atoms. The average Bonchev–Trinajstić information content (AvgIpc) is 2.60. The van der Waals surface area contributed by atoms with Crippen molar-refractivity contribution in [3.63, 3.8) is 0 Å². The van der Waals surface area contributed by atoms with E-state index in [0.717, 1.165) is 0 Å². The van der Waals surface area contributed by atoms with E-state index in [0.29, 0.717) is 19.4 Å². The summed E-state index contributed by atoms with van der Waals surface area (Å²) >= 11 is 0. The predicted molar refractivity (Wildman–Crippen MR) is 49.1 cm³/mol. The molecule has 0 amide bonds. The first-order chi connectivity index (χ1) is 7.36. The molecule has 0 aromatic carbocycles. The van der Waals surface area contributed by atoms with Crippen molar-refractivity contribution >= 4 is 5.97 Å². The number of hydrogen-bond acceptors (Lipinski definition) is 3. The molecule has 7 heteroatoms. The van der Waals surface area contributed by atoms with Gasteiger partial charge in [0.1, 0.15) is 12.1 Å². The van der Waals surface area contributed by atoms with Crippen LogP contribution in [-0.4, -0.2) is 42.5 Å². The van der Waals surface area contributed by atoms with Gasteiger partial charge in [-0.3, -0.25) is 4.79 Å². The molecule has 1 saturated heterocycles. The Bertz CT molecular complexity index is 249. The van der Waals surface area contributed by atoms with E-state index in [-0.39, 0.29) is 13.0 Å². The summed E-state index contributed by atoms with van der Waals surface area (Å²) in [6.07, 6.45) is -3.17. The number of ether oxygens (including phenoxy) is 1. The van der Waals surface area contributed by atoms with Gasteiger partial charge in [0.05, 0.1) is 0 Å². The Morgan fingerprint density at radius 3 is 2.62 bits per heavy atom. The zero-order valence-corrected chi connectivity index (χ0v) is 8.64. The van der Waals surface area contributed by atoms with Gasteiger partial charge in [0.15, 0.2) is 0 Å². The zero-order chi connectivity index (χ0) is 12.2. The van der Waals surface area contributed by atoms with Crippen LogP contribution in [0.15, 0.2) is 0 Å². The smallest absolute Gasteiger partial charge is 0.411 e. The SMILES string of the molecule is O=C(O)C1(CCOCC(F)(F)F)CCCN1. The lowest BCUT2D eigenvalue weighted by molar-refractivity contribution is -0.175. The normalized spacial score (nSPS) is 25.9. The summed E-state index contributed by atoms with van der Waals surface area (Å²) in [6, 6.07) is 0. The highest BCUT2D eigenvalue weighted by Gasteiger charge is 2.40. The molecule has 94 valence electrons. The predicted octanol–water partition coefficient (Wildman–Crippen LogP) is 1.16. The molecule has 1 unspecified atom stereocenters. The van der Waals surface area contributed by atoms with Crippen LogP contribution in [0.1, 0.15) is 19.3 Å². The highest BCUT2D eigenvalue weighted by molar-refractivity contribution is 5.79. The van der Waals surface area contributed by atoms with Crippen LogP contribution in [0.3, 0.4) is 0 Å². The van der Waals surface area contributed by atoms with E-state index in [9.17, 15) is 18.0 Å². The van der Waals surface area contributed by atoms with Crippen LogP contribution >= 0.6 is 0 Å². The summed E-state index contributed by atoms with van der Waals surface area (Å²) in [4.78, 5) is 11.0. The molecule has 0 radical (unpaired) electrons. The summed E-state index contributed by atoms with van der Waals surface area (Å²) in [7, 11) is 0. The molecule has 1 heterocycles. The van der Waals surface area contributed by atoms with Crippen LogP contribution in [-0.2, 0) is 9.53 Å². The first-order valence-electron chi connectivity index (χ1n) is 4.99. The molecule has 0 bridgehead atoms. The van der Waals surface area contributed by atoms with Gasteiger partial charge in [-0.2, -0.15) is 13.2 Å². The number of halogens is 3. The Hall–Kier alpha value is -0.820. The molecule has 2 N–H and O–H groups in total. The lowest BCUT2D eigenvalue weighted by Crippen LogP contribution is -2.48. The molecule has 1 aliphatic heterocycles. The fraction of sp³-hybridized carbons (Fsp3) is 0.889. The van der Waals surface area contributed by atoms with E-state index in [1.165, 1.54) is 0 Å². The number of carboxylic acids is 1. The minimum atomic E-state index is -4.36. The number of carbonyl (C=O) groups is 1. The van der Waals surface area contributed by atoms with E-state index in [4.69, 9.17) is 5.11 Å². The molecular weight excluding hydrogens is 227 g/mol. The van der Waals surface area contributed by atoms with Crippen molar-refractivity contribution in [3.8, 4) is 0 Å². The maximum absolute atomic E-state index is 11.8. The molecule has 1 rings (SSSR count). The zero-order valence-electron chi connectivity index (χ0n) is 8.64. The fourth-order valence-electron chi connectivity index (χ4n) is 1.74. The fourth-order valence-corrected chi connectivity index (χ4v) is 1.74. The number of hydrogen-bond donors (Lipinski definition) is 2. The number of nitrogens with one attached hydrogen (secondary N) is 1. The van der Waals surface area contributed by atoms with Gasteiger partial charge in [-0.25, -0.2) is 0 Å². The number of carboxylic acid groups (broad SMARTS) is 1. The third-order valence-electron chi connectivity index (χ3n) is 2.59. The van der Waals surface area contributed by atoms with Gasteiger partial charge in [0.2, 0.25) is 0 Å². The molecule has 0 aromatic heterocycles. The van der Waals surface area contributed by atoms with Crippen molar-refractivity contribution in [3.05, 3.63) is 0 Å². The van der Waals surface area contributed by atoms with Crippen LogP contribution in [0.25, 0.3) is 0 Å². The van der Waals surface area contributed by atoms with Crippen LogP contribution < -0.4 is 5.32 Å². The van der Waals surface area contributed by atoms with E-state index in [1.54, 1.807) is 0 Å². The Kier molecular flexibility index (Phi) is 4.15. The second-order valence-corrected chi connectivity index (χ2v) is 3.84. The summed E-state index contributed by atoms with van der Waals surface area (Å²) < 4.78 is 39.7. The highest BCUT2D eigenvalue weighted by atomic mass is 19.4. The van der Waals surface area contributed by atoms with Crippen molar-refractivity contribution in [2.75, 3.05) is 19.8 Å². The van der Waals surface area contributed by atoms with Gasteiger partial charge in [-0.1, -0.05) is 0 Å². The molecule has 1 aliphatic rings. The first kappa shape index (κ1) is 13.2. The van der Waals surface area contributed by atoms with Gasteiger partial charge >= 0.3 is 12.1 Å². The Morgan fingerprint density at radius 1 is 1.50 bits per heavy atom. The van der Waals surface area contributed by atoms with Crippen molar-refractivity contribution < 1.29 is 27.8 Å². The molecule has 0 aromatic rings. The Balaban J connectivity index is 2.32. The van der Waals surface area contributed by atoms with E-state index >= 15 is 0 Å². The second-order valence-electron chi connectivity index (χ2n) is 3.84. The van der Waals surface area contributed by atoms with Gasteiger partial charge in [0.25, 0.3) is 0 Å². The van der Waals surface area contributed by atoms with Gasteiger partial charge < -0.3 is 15.2 Å². The maximum Gasteiger partial charge on any atom is 0.411 e. The third kappa shape index (κ3) is 3.64. The topological polar surface area (TPSA) is 58.6 Å². The van der Waals surface area contributed by atoms with Crippen molar-refractivity contribution in [1.82, 2.24) is 5.32 Å². The molecular formula is C9H14F3NO3. The molecule has 16 heavy (non-hydrogen) atoms. The monoisotopic (exact) mass is 241 g/mol. The quantitative estimate of drug-likeness (QED) is 0.709. The van der Waals surface area contributed by atoms with Crippen LogP contribution in [0.4, 0.5) is 13.2 Å². The summed E-state index contributed by atoms with van der Waals surface area (Å²) in [5.41, 5.74) is -1.11. The minimum Gasteiger partial charge on any atom is -0.480 e. The van der Waals surface area contributed by atoms with Crippen LogP contribution in [0.2, 0.25) is 0 Å². The van der Waals surface area contributed by atoms with Crippen molar-refractivity contribution in [2.45, 2.75) is 31.0 Å². The van der Waals surface area contributed by atoms with Crippen molar-refractivity contribution in [2.24, 2.45) is 0 Å². The second kappa shape index (κ2) is 5.01. The highest BCUT2D eigenvalue weighted by Crippen LogP contribution is 2.24. The maximum atomic E-state index is 11.8. The molecule has 0 aliphatic carbocycles. The number of aliphatic carboxylic acids is 1. The summed E-state index contributed by atoms with van der Waals surface area (Å²) in [5, 5.41) is 11.8. The lowest BCUT2D eigenvalue weighted by Gasteiger charge is -2.24.